The molecule has 0 fully saturated rings. The zero-order valence-corrected chi connectivity index (χ0v) is 9.84. The summed E-state index contributed by atoms with van der Waals surface area (Å²) in [5, 5.41) is 8.85. The molecule has 0 aliphatic carbocycles. The van der Waals surface area contributed by atoms with E-state index < -0.39 is 17.6 Å². The van der Waals surface area contributed by atoms with Crippen molar-refractivity contribution in [2.75, 3.05) is 0 Å². The first-order valence-corrected chi connectivity index (χ1v) is 5.94. The Bertz CT molecular complexity index is 580. The van der Waals surface area contributed by atoms with Gasteiger partial charge in [0.05, 0.1) is 12.0 Å². The number of carbonyl (C=O) groups is 1. The molecule has 1 aromatic heterocycles. The van der Waals surface area contributed by atoms with Crippen LogP contribution in [0.5, 0.6) is 0 Å². The molecule has 0 saturated heterocycles. The minimum atomic E-state index is -1.08. The lowest BCUT2D eigenvalue weighted by Crippen LogP contribution is -1.97. The number of carboxylic acid groups (broad SMARTS) is 1. The Kier molecular flexibility index (Phi) is 3.66. The zero-order valence-electron chi connectivity index (χ0n) is 9.02. The Morgan fingerprint density at radius 3 is 2.72 bits per heavy atom. The highest BCUT2D eigenvalue weighted by Crippen LogP contribution is 2.26. The smallest absolute Gasteiger partial charge is 0.339 e. The van der Waals surface area contributed by atoms with Crippen molar-refractivity contribution in [2.45, 2.75) is 10.6 Å². The Balaban J connectivity index is 2.09. The average Bonchev–Trinajstić information content (AvgIpc) is 2.79. The first-order chi connectivity index (χ1) is 8.58. The number of benzene rings is 1. The number of hydrogen-bond donors (Lipinski definition) is 1. The van der Waals surface area contributed by atoms with Crippen LogP contribution in [-0.2, 0) is 5.75 Å². The largest absolute Gasteiger partial charge is 0.478 e. The lowest BCUT2D eigenvalue weighted by atomic mass is 10.3. The van der Waals surface area contributed by atoms with Crippen LogP contribution in [0.2, 0.25) is 0 Å². The predicted octanol–water partition coefficient (Wildman–Crippen LogP) is 3.55. The molecule has 18 heavy (non-hydrogen) atoms. The number of halogens is 2. The minimum Gasteiger partial charge on any atom is -0.478 e. The fourth-order valence-electron chi connectivity index (χ4n) is 1.36. The van der Waals surface area contributed by atoms with E-state index in [1.165, 1.54) is 30.2 Å². The molecule has 1 aromatic carbocycles. The molecular weight excluding hydrogens is 262 g/mol. The standard InChI is InChI=1S/C12H8F2O3S/c13-9-2-1-7(5-10(9)14)18-6-11-8(12(15)16)3-4-17-11/h1-5H,6H2,(H,15,16). The van der Waals surface area contributed by atoms with Crippen LogP contribution < -0.4 is 0 Å². The van der Waals surface area contributed by atoms with Gasteiger partial charge in [-0.1, -0.05) is 0 Å². The second-order valence-electron chi connectivity index (χ2n) is 3.43. The molecule has 0 unspecified atom stereocenters. The highest BCUT2D eigenvalue weighted by molar-refractivity contribution is 7.98. The third kappa shape index (κ3) is 2.70. The fourth-order valence-corrected chi connectivity index (χ4v) is 2.23. The van der Waals surface area contributed by atoms with Crippen molar-refractivity contribution < 1.29 is 23.1 Å². The summed E-state index contributed by atoms with van der Waals surface area (Å²) in [5.74, 6) is -2.40. The van der Waals surface area contributed by atoms with Crippen LogP contribution in [0.1, 0.15) is 16.1 Å². The monoisotopic (exact) mass is 270 g/mol. The molecule has 6 heteroatoms. The van der Waals surface area contributed by atoms with E-state index in [0.717, 1.165) is 12.1 Å². The second-order valence-corrected chi connectivity index (χ2v) is 4.48. The van der Waals surface area contributed by atoms with Crippen LogP contribution in [0.25, 0.3) is 0 Å². The summed E-state index contributed by atoms with van der Waals surface area (Å²) in [4.78, 5) is 11.3. The first-order valence-electron chi connectivity index (χ1n) is 4.95. The van der Waals surface area contributed by atoms with Gasteiger partial charge < -0.3 is 9.52 Å². The van der Waals surface area contributed by atoms with Gasteiger partial charge in [-0.25, -0.2) is 13.6 Å². The number of rotatable bonds is 4. The first kappa shape index (κ1) is 12.6. The quantitative estimate of drug-likeness (QED) is 0.863. The van der Waals surface area contributed by atoms with Gasteiger partial charge in [-0.15, -0.1) is 11.8 Å². The minimum absolute atomic E-state index is 0.0742. The van der Waals surface area contributed by atoms with E-state index in [0.29, 0.717) is 4.90 Å². The normalized spacial score (nSPS) is 10.6. The predicted molar refractivity (Wildman–Crippen MR) is 61.6 cm³/mol. The van der Waals surface area contributed by atoms with Gasteiger partial charge in [-0.05, 0) is 24.3 Å². The molecule has 2 rings (SSSR count). The van der Waals surface area contributed by atoms with Gasteiger partial charge in [0.25, 0.3) is 0 Å². The maximum atomic E-state index is 12.9. The van der Waals surface area contributed by atoms with Crippen molar-refractivity contribution in [3.05, 3.63) is 53.5 Å². The summed E-state index contributed by atoms with van der Waals surface area (Å²) >= 11 is 1.17. The number of furan rings is 1. The van der Waals surface area contributed by atoms with Gasteiger partial charge in [-0.2, -0.15) is 0 Å². The molecule has 0 aliphatic heterocycles. The van der Waals surface area contributed by atoms with E-state index in [2.05, 4.69) is 0 Å². The molecule has 3 nitrogen and oxygen atoms in total. The van der Waals surface area contributed by atoms with E-state index in [9.17, 15) is 13.6 Å². The molecule has 0 aliphatic rings. The Morgan fingerprint density at radius 1 is 1.28 bits per heavy atom. The summed E-state index contributed by atoms with van der Waals surface area (Å²) < 4.78 is 30.7. The lowest BCUT2D eigenvalue weighted by Gasteiger charge is -2.01. The van der Waals surface area contributed by atoms with Crippen LogP contribution >= 0.6 is 11.8 Å². The Labute approximate surface area is 105 Å². The van der Waals surface area contributed by atoms with Gasteiger partial charge in [0.1, 0.15) is 11.3 Å². The second kappa shape index (κ2) is 5.22. The summed E-state index contributed by atoms with van der Waals surface area (Å²) in [6.07, 6.45) is 1.28. The fraction of sp³-hybridized carbons (Fsp3) is 0.0833. The van der Waals surface area contributed by atoms with Crippen molar-refractivity contribution in [1.82, 2.24) is 0 Å². The van der Waals surface area contributed by atoms with Crippen LogP contribution in [0.3, 0.4) is 0 Å². The molecule has 0 spiro atoms. The highest BCUT2D eigenvalue weighted by Gasteiger charge is 2.13. The molecule has 0 amide bonds. The van der Waals surface area contributed by atoms with Crippen LogP contribution in [-0.4, -0.2) is 11.1 Å². The molecule has 2 aromatic rings. The molecule has 0 atom stereocenters. The van der Waals surface area contributed by atoms with Gasteiger partial charge in [0.2, 0.25) is 0 Å². The van der Waals surface area contributed by atoms with Gasteiger partial charge in [0.15, 0.2) is 11.6 Å². The van der Waals surface area contributed by atoms with Crippen LogP contribution in [0.15, 0.2) is 39.8 Å². The lowest BCUT2D eigenvalue weighted by molar-refractivity contribution is 0.0695. The summed E-state index contributed by atoms with van der Waals surface area (Å²) in [5.41, 5.74) is 0.0742. The van der Waals surface area contributed by atoms with E-state index >= 15 is 0 Å². The van der Waals surface area contributed by atoms with Crippen molar-refractivity contribution >= 4 is 17.7 Å². The maximum absolute atomic E-state index is 12.9. The van der Waals surface area contributed by atoms with Crippen LogP contribution in [0, 0.1) is 11.6 Å². The average molecular weight is 270 g/mol. The Morgan fingerprint density at radius 2 is 2.06 bits per heavy atom. The number of carboxylic acids is 1. The molecule has 1 heterocycles. The van der Waals surface area contributed by atoms with Gasteiger partial charge in [-0.3, -0.25) is 0 Å². The van der Waals surface area contributed by atoms with Gasteiger partial charge >= 0.3 is 5.97 Å². The van der Waals surface area contributed by atoms with Crippen molar-refractivity contribution in [1.29, 1.82) is 0 Å². The van der Waals surface area contributed by atoms with Crippen LogP contribution in [0.4, 0.5) is 8.78 Å². The van der Waals surface area contributed by atoms with Crippen molar-refractivity contribution in [3.63, 3.8) is 0 Å². The number of aromatic carboxylic acids is 1. The summed E-state index contributed by atoms with van der Waals surface area (Å²) in [6, 6.07) is 4.86. The number of hydrogen-bond acceptors (Lipinski definition) is 3. The number of thioether (sulfide) groups is 1. The maximum Gasteiger partial charge on any atom is 0.339 e. The van der Waals surface area contributed by atoms with Crippen molar-refractivity contribution in [3.8, 4) is 0 Å². The molecule has 0 saturated carbocycles. The van der Waals surface area contributed by atoms with Gasteiger partial charge in [0, 0.05) is 4.90 Å². The van der Waals surface area contributed by atoms with Crippen molar-refractivity contribution in [2.24, 2.45) is 0 Å². The zero-order chi connectivity index (χ0) is 13.1. The summed E-state index contributed by atoms with van der Waals surface area (Å²) in [6.45, 7) is 0. The molecule has 1 N–H and O–H groups in total. The Hall–Kier alpha value is -1.82. The van der Waals surface area contributed by atoms with E-state index in [1.54, 1.807) is 0 Å². The molecule has 0 bridgehead atoms. The highest BCUT2D eigenvalue weighted by atomic mass is 32.2. The molecule has 0 radical (unpaired) electrons. The SMILES string of the molecule is O=C(O)c1ccoc1CSc1ccc(F)c(F)c1. The topological polar surface area (TPSA) is 50.4 Å². The summed E-state index contributed by atoms with van der Waals surface area (Å²) in [7, 11) is 0. The van der Waals surface area contributed by atoms with E-state index in [4.69, 9.17) is 9.52 Å². The molecular formula is C12H8F2O3S. The van der Waals surface area contributed by atoms with E-state index in [1.807, 2.05) is 0 Å². The molecule has 94 valence electrons. The third-order valence-electron chi connectivity index (χ3n) is 2.24. The van der Waals surface area contributed by atoms with E-state index in [-0.39, 0.29) is 17.1 Å². The third-order valence-corrected chi connectivity index (χ3v) is 3.23.